The zero-order chi connectivity index (χ0) is 34.3. The van der Waals surface area contributed by atoms with E-state index in [2.05, 4.69) is 194 Å². The van der Waals surface area contributed by atoms with E-state index in [0.717, 1.165) is 0 Å². The van der Waals surface area contributed by atoms with Gasteiger partial charge in [-0.25, -0.2) is 0 Å². The highest BCUT2D eigenvalue weighted by Crippen LogP contribution is 2.44. The first-order chi connectivity index (χ1) is 23.8. The van der Waals surface area contributed by atoms with Crippen LogP contribution >= 0.6 is 0 Å². The predicted molar refractivity (Wildman–Crippen MR) is 215 cm³/mol. The van der Waals surface area contributed by atoms with E-state index in [1.807, 2.05) is 0 Å². The third-order valence-corrected chi connectivity index (χ3v) is 16.6. The van der Waals surface area contributed by atoms with Crippen molar-refractivity contribution in [2.45, 2.75) is 48.5 Å². The molecule has 0 aromatic heterocycles. The first kappa shape index (κ1) is 32.6. The van der Waals surface area contributed by atoms with Crippen molar-refractivity contribution in [3.05, 3.63) is 184 Å². The molecule has 242 valence electrons. The maximum absolute atomic E-state index is 3.14. The van der Waals surface area contributed by atoms with Gasteiger partial charge in [0.2, 0.25) is 0 Å². The van der Waals surface area contributed by atoms with Crippen molar-refractivity contribution >= 4 is 23.6 Å². The summed E-state index contributed by atoms with van der Waals surface area (Å²) < 4.78 is 0. The van der Waals surface area contributed by atoms with E-state index in [4.69, 9.17) is 0 Å². The van der Waals surface area contributed by atoms with Crippen LogP contribution in [0.15, 0.2) is 168 Å². The minimum atomic E-state index is -3.14. The second-order valence-corrected chi connectivity index (χ2v) is 17.6. The highest BCUT2D eigenvalue weighted by atomic mass is 28.3. The van der Waals surface area contributed by atoms with Crippen molar-refractivity contribution in [3.63, 3.8) is 0 Å². The lowest BCUT2D eigenvalue weighted by molar-refractivity contribution is 0.851. The summed E-state index contributed by atoms with van der Waals surface area (Å²) in [6.45, 7) is 16.5. The molecule has 0 aliphatic heterocycles. The highest BCUT2D eigenvalue weighted by molar-refractivity contribution is 7.18. The molecule has 0 bridgehead atoms. The second-order valence-electron chi connectivity index (χ2n) is 13.9. The SMILES string of the molecule is CC1=C(C)C(C)C([Si](c2cccc(C)c2-c2ccccc2)(c2cccc(C)c2-c2ccccc2)c2cccc(C)c2-c2ccccc2)=C1C. The van der Waals surface area contributed by atoms with Gasteiger partial charge in [-0.05, 0) is 119 Å². The fourth-order valence-electron chi connectivity index (χ4n) is 8.75. The van der Waals surface area contributed by atoms with Crippen molar-refractivity contribution in [1.29, 1.82) is 0 Å². The van der Waals surface area contributed by atoms with Gasteiger partial charge in [0.25, 0.3) is 0 Å². The summed E-state index contributed by atoms with van der Waals surface area (Å²) in [5.41, 5.74) is 16.3. The lowest BCUT2D eigenvalue weighted by Crippen LogP contribution is -2.71. The number of rotatable bonds is 7. The van der Waals surface area contributed by atoms with Crippen molar-refractivity contribution in [1.82, 2.24) is 0 Å². The fourth-order valence-corrected chi connectivity index (χ4v) is 15.3. The lowest BCUT2D eigenvalue weighted by Gasteiger charge is -2.43. The summed E-state index contributed by atoms with van der Waals surface area (Å²) in [4.78, 5) is 0. The number of hydrogen-bond donors (Lipinski definition) is 0. The molecule has 0 N–H and O–H groups in total. The molecule has 1 heteroatoms. The number of aryl methyl sites for hydroxylation is 3. The molecule has 0 heterocycles. The van der Waals surface area contributed by atoms with E-state index < -0.39 is 8.07 Å². The van der Waals surface area contributed by atoms with Crippen molar-refractivity contribution in [2.24, 2.45) is 5.92 Å². The maximum Gasteiger partial charge on any atom is 0.178 e. The molecular formula is C48H46Si. The molecule has 0 amide bonds. The Kier molecular flexibility index (Phi) is 8.73. The standard InChI is InChI=1S/C48H46Si/c1-32-20-17-29-42(45(32)39-23-11-8-12-24-39)49(48-37(6)35(4)36(5)38(48)7,43-30-18-21-33(2)46(43)40-25-13-9-14-26-40)44-31-19-22-34(3)47(44)41-27-15-10-16-28-41/h8-31,37H,1-7H3. The van der Waals surface area contributed by atoms with Gasteiger partial charge >= 0.3 is 0 Å². The Balaban J connectivity index is 1.80. The molecule has 1 aliphatic carbocycles. The Bertz CT molecular complexity index is 2000. The summed E-state index contributed by atoms with van der Waals surface area (Å²) in [6.07, 6.45) is 0. The molecule has 6 aromatic carbocycles. The van der Waals surface area contributed by atoms with Crippen LogP contribution in [-0.4, -0.2) is 8.07 Å². The molecule has 0 radical (unpaired) electrons. The number of allylic oxidation sites excluding steroid dienone is 4. The summed E-state index contributed by atoms with van der Waals surface area (Å²) >= 11 is 0. The molecule has 0 saturated heterocycles. The molecule has 49 heavy (non-hydrogen) atoms. The fraction of sp³-hybridized carbons (Fsp3) is 0.167. The molecule has 6 aromatic rings. The molecule has 0 nitrogen and oxygen atoms in total. The average Bonchev–Trinajstić information content (AvgIpc) is 3.32. The van der Waals surface area contributed by atoms with E-state index >= 15 is 0 Å². The van der Waals surface area contributed by atoms with Gasteiger partial charge in [-0.15, -0.1) is 0 Å². The third-order valence-electron chi connectivity index (χ3n) is 11.3. The van der Waals surface area contributed by atoms with Gasteiger partial charge in [0.1, 0.15) is 0 Å². The van der Waals surface area contributed by atoms with Crippen LogP contribution in [0.5, 0.6) is 0 Å². The number of benzene rings is 6. The van der Waals surface area contributed by atoms with Gasteiger partial charge in [-0.1, -0.05) is 169 Å². The molecule has 1 unspecified atom stereocenters. The Hall–Kier alpha value is -4.98. The first-order valence-electron chi connectivity index (χ1n) is 17.6. The zero-order valence-corrected chi connectivity index (χ0v) is 30.9. The van der Waals surface area contributed by atoms with Gasteiger partial charge < -0.3 is 0 Å². The third kappa shape index (κ3) is 5.29. The van der Waals surface area contributed by atoms with Crippen LogP contribution in [0, 0.1) is 26.7 Å². The van der Waals surface area contributed by atoms with E-state index in [1.54, 1.807) is 5.20 Å². The van der Waals surface area contributed by atoms with Gasteiger partial charge in [-0.3, -0.25) is 0 Å². The Morgan fingerprint density at radius 1 is 0.367 bits per heavy atom. The van der Waals surface area contributed by atoms with Gasteiger partial charge in [-0.2, -0.15) is 0 Å². The quantitative estimate of drug-likeness (QED) is 0.119. The Morgan fingerprint density at radius 3 is 0.980 bits per heavy atom. The van der Waals surface area contributed by atoms with Crippen LogP contribution < -0.4 is 15.6 Å². The Morgan fingerprint density at radius 2 is 0.694 bits per heavy atom. The van der Waals surface area contributed by atoms with Gasteiger partial charge in [0.05, 0.1) is 0 Å². The monoisotopic (exact) mass is 650 g/mol. The van der Waals surface area contributed by atoms with Gasteiger partial charge in [0, 0.05) is 0 Å². The van der Waals surface area contributed by atoms with E-state index in [1.165, 1.54) is 82.4 Å². The van der Waals surface area contributed by atoms with E-state index in [9.17, 15) is 0 Å². The molecule has 1 aliphatic rings. The second kappa shape index (κ2) is 13.1. The molecule has 0 spiro atoms. The first-order valence-corrected chi connectivity index (χ1v) is 19.6. The molecule has 0 saturated carbocycles. The van der Waals surface area contributed by atoms with Crippen LogP contribution in [0.2, 0.25) is 0 Å². The number of hydrogen-bond acceptors (Lipinski definition) is 0. The summed E-state index contributed by atoms with van der Waals surface area (Å²) in [6, 6.07) is 54.8. The minimum Gasteiger partial charge on any atom is -0.0636 e. The van der Waals surface area contributed by atoms with Gasteiger partial charge in [0.15, 0.2) is 8.07 Å². The summed E-state index contributed by atoms with van der Waals surface area (Å²) in [7, 11) is -3.14. The average molecular weight is 651 g/mol. The lowest BCUT2D eigenvalue weighted by atomic mass is 10.00. The molecular weight excluding hydrogens is 605 g/mol. The van der Waals surface area contributed by atoms with Crippen LogP contribution in [0.3, 0.4) is 0 Å². The van der Waals surface area contributed by atoms with Crippen molar-refractivity contribution < 1.29 is 0 Å². The zero-order valence-electron chi connectivity index (χ0n) is 29.9. The predicted octanol–water partition coefficient (Wildman–Crippen LogP) is 10.9. The smallest absolute Gasteiger partial charge is 0.0636 e. The summed E-state index contributed by atoms with van der Waals surface area (Å²) in [5, 5.41) is 6.00. The van der Waals surface area contributed by atoms with Crippen LogP contribution in [0.4, 0.5) is 0 Å². The van der Waals surface area contributed by atoms with Crippen LogP contribution in [0.25, 0.3) is 33.4 Å². The molecule has 7 rings (SSSR count). The highest BCUT2D eigenvalue weighted by Gasteiger charge is 2.51. The van der Waals surface area contributed by atoms with Crippen molar-refractivity contribution in [3.8, 4) is 33.4 Å². The van der Waals surface area contributed by atoms with Crippen LogP contribution in [0.1, 0.15) is 44.4 Å². The molecule has 1 atom stereocenters. The van der Waals surface area contributed by atoms with E-state index in [0.29, 0.717) is 5.92 Å². The maximum atomic E-state index is 2.49. The van der Waals surface area contributed by atoms with E-state index in [-0.39, 0.29) is 0 Å². The topological polar surface area (TPSA) is 0 Å². The normalized spacial score (nSPS) is 14.9. The van der Waals surface area contributed by atoms with Crippen LogP contribution in [-0.2, 0) is 0 Å². The summed E-state index contributed by atoms with van der Waals surface area (Å²) in [5.74, 6) is 0.295. The molecule has 0 fully saturated rings. The minimum absolute atomic E-state index is 0.295. The largest absolute Gasteiger partial charge is 0.178 e. The Labute approximate surface area is 294 Å². The van der Waals surface area contributed by atoms with Crippen molar-refractivity contribution in [2.75, 3.05) is 0 Å².